The van der Waals surface area contributed by atoms with Gasteiger partial charge in [0, 0.05) is 17.2 Å². The SMILES string of the molecule is CCCCCCCCCCCCC(Cl)CCC(CCSC(C)=N)NCCCC.[NaH]. The van der Waals surface area contributed by atoms with Crippen LogP contribution in [0.3, 0.4) is 0 Å². The third kappa shape index (κ3) is 25.4. The van der Waals surface area contributed by atoms with Crippen LogP contribution >= 0.6 is 23.4 Å². The summed E-state index contributed by atoms with van der Waals surface area (Å²) in [5.41, 5.74) is 0. The van der Waals surface area contributed by atoms with Crippen LogP contribution in [0.1, 0.15) is 124 Å². The molecule has 170 valence electrons. The van der Waals surface area contributed by atoms with Gasteiger partial charge in [-0.05, 0) is 45.6 Å². The first-order valence-corrected chi connectivity index (χ1v) is 13.6. The summed E-state index contributed by atoms with van der Waals surface area (Å²) in [6, 6.07) is 0.562. The number of halogens is 1. The second-order valence-electron chi connectivity index (χ2n) is 8.34. The van der Waals surface area contributed by atoms with E-state index in [1.165, 1.54) is 89.9 Å². The molecule has 5 heteroatoms. The first-order chi connectivity index (χ1) is 13.6. The van der Waals surface area contributed by atoms with E-state index >= 15 is 0 Å². The number of nitrogens with one attached hydrogen (secondary N) is 2. The van der Waals surface area contributed by atoms with Crippen LogP contribution in [0.4, 0.5) is 0 Å². The molecule has 0 heterocycles. The van der Waals surface area contributed by atoms with Crippen molar-refractivity contribution in [3.63, 3.8) is 0 Å². The minimum absolute atomic E-state index is 0. The van der Waals surface area contributed by atoms with Gasteiger partial charge in [-0.25, -0.2) is 0 Å². The third-order valence-electron chi connectivity index (χ3n) is 5.45. The fraction of sp³-hybridized carbons (Fsp3) is 0.958. The van der Waals surface area contributed by atoms with Gasteiger partial charge < -0.3 is 5.32 Å². The van der Waals surface area contributed by atoms with E-state index in [1.54, 1.807) is 11.8 Å². The summed E-state index contributed by atoms with van der Waals surface area (Å²) in [6.07, 6.45) is 21.0. The topological polar surface area (TPSA) is 35.9 Å². The molecule has 2 unspecified atom stereocenters. The van der Waals surface area contributed by atoms with E-state index in [0.717, 1.165) is 30.2 Å². The summed E-state index contributed by atoms with van der Waals surface area (Å²) in [6.45, 7) is 7.52. The third-order valence-corrected chi connectivity index (χ3v) is 6.76. The van der Waals surface area contributed by atoms with Crippen LogP contribution < -0.4 is 5.32 Å². The van der Waals surface area contributed by atoms with Gasteiger partial charge in [-0.3, -0.25) is 5.41 Å². The van der Waals surface area contributed by atoms with E-state index in [1.807, 2.05) is 6.92 Å². The van der Waals surface area contributed by atoms with E-state index in [-0.39, 0.29) is 29.6 Å². The molecule has 0 rings (SSSR count). The van der Waals surface area contributed by atoms with Gasteiger partial charge in [0.25, 0.3) is 0 Å². The average Bonchev–Trinajstić information content (AvgIpc) is 2.67. The molecule has 0 saturated carbocycles. The van der Waals surface area contributed by atoms with Crippen LogP contribution in [-0.2, 0) is 0 Å². The standard InChI is InChI=1S/C24H49ClN2S.Na.H/c1-4-6-8-9-10-11-12-13-14-15-16-23(25)17-18-24(27-20-7-5-2)19-21-28-22(3)26;;/h23-24,26-27H,4-21H2,1-3H3;;. The Kier molecular flexibility index (Phi) is 28.6. The molecule has 0 radical (unpaired) electrons. The fourth-order valence-corrected chi connectivity index (χ4v) is 4.55. The maximum absolute atomic E-state index is 7.57. The van der Waals surface area contributed by atoms with Crippen molar-refractivity contribution in [3.8, 4) is 0 Å². The van der Waals surface area contributed by atoms with Crippen LogP contribution in [0.15, 0.2) is 0 Å². The Bertz CT molecular complexity index is 345. The Morgan fingerprint density at radius 1 is 0.793 bits per heavy atom. The molecule has 2 atom stereocenters. The molecule has 0 aliphatic heterocycles. The predicted molar refractivity (Wildman–Crippen MR) is 140 cm³/mol. The monoisotopic (exact) mass is 456 g/mol. The summed E-state index contributed by atoms with van der Waals surface area (Å²) in [7, 11) is 0. The first kappa shape index (κ1) is 32.4. The molecule has 0 bridgehead atoms. The van der Waals surface area contributed by atoms with Crippen molar-refractivity contribution in [2.45, 2.75) is 135 Å². The second kappa shape index (κ2) is 25.5. The molecule has 0 saturated heterocycles. The van der Waals surface area contributed by atoms with Crippen molar-refractivity contribution < 1.29 is 0 Å². The maximum atomic E-state index is 7.57. The number of alkyl halides is 1. The molecule has 0 aromatic carbocycles. The Morgan fingerprint density at radius 2 is 1.34 bits per heavy atom. The van der Waals surface area contributed by atoms with Crippen LogP contribution in [0.5, 0.6) is 0 Å². The van der Waals surface area contributed by atoms with Crippen molar-refractivity contribution in [1.29, 1.82) is 5.41 Å². The molecule has 0 aromatic rings. The van der Waals surface area contributed by atoms with Crippen LogP contribution in [0, 0.1) is 5.41 Å². The van der Waals surface area contributed by atoms with E-state index in [4.69, 9.17) is 17.0 Å². The van der Waals surface area contributed by atoms with Gasteiger partial charge in [0.05, 0.1) is 5.04 Å². The van der Waals surface area contributed by atoms with Gasteiger partial charge in [0.15, 0.2) is 0 Å². The summed E-state index contributed by atoms with van der Waals surface area (Å²) in [4.78, 5) is 0. The predicted octanol–water partition coefficient (Wildman–Crippen LogP) is 7.92. The van der Waals surface area contributed by atoms with Gasteiger partial charge in [-0.2, -0.15) is 0 Å². The Labute approximate surface area is 214 Å². The molecule has 0 fully saturated rings. The molecule has 0 spiro atoms. The number of unbranched alkanes of at least 4 members (excludes halogenated alkanes) is 10. The zero-order valence-corrected chi connectivity index (χ0v) is 20.7. The van der Waals surface area contributed by atoms with E-state index in [9.17, 15) is 0 Å². The first-order valence-electron chi connectivity index (χ1n) is 12.2. The van der Waals surface area contributed by atoms with Crippen LogP contribution in [-0.4, -0.2) is 58.3 Å². The van der Waals surface area contributed by atoms with Crippen molar-refractivity contribution in [1.82, 2.24) is 5.32 Å². The minimum atomic E-state index is 0. The van der Waals surface area contributed by atoms with Gasteiger partial charge >= 0.3 is 29.6 Å². The molecule has 2 nitrogen and oxygen atoms in total. The van der Waals surface area contributed by atoms with E-state index in [2.05, 4.69) is 19.2 Å². The van der Waals surface area contributed by atoms with Gasteiger partial charge in [0.2, 0.25) is 0 Å². The zero-order valence-electron chi connectivity index (χ0n) is 19.2. The Morgan fingerprint density at radius 3 is 1.90 bits per heavy atom. The summed E-state index contributed by atoms with van der Waals surface area (Å²) in [5.74, 6) is 1.05. The van der Waals surface area contributed by atoms with E-state index in [0.29, 0.717) is 11.4 Å². The van der Waals surface area contributed by atoms with Crippen molar-refractivity contribution in [2.75, 3.05) is 12.3 Å². The normalized spacial score (nSPS) is 13.1. The second-order valence-corrected chi connectivity index (χ2v) is 10.3. The Hall–Kier alpha value is 1.27. The van der Waals surface area contributed by atoms with Crippen LogP contribution in [0.2, 0.25) is 0 Å². The summed E-state index contributed by atoms with van der Waals surface area (Å²) < 4.78 is 0. The van der Waals surface area contributed by atoms with Crippen molar-refractivity contribution >= 4 is 58.0 Å². The molecule has 0 aromatic heterocycles. The Balaban J connectivity index is 0. The van der Waals surface area contributed by atoms with Gasteiger partial charge in [0.1, 0.15) is 0 Å². The molecule has 0 amide bonds. The molecule has 0 aliphatic rings. The zero-order chi connectivity index (χ0) is 20.9. The van der Waals surface area contributed by atoms with Crippen LogP contribution in [0.25, 0.3) is 0 Å². The van der Waals surface area contributed by atoms with Gasteiger partial charge in [-0.1, -0.05) is 84.5 Å². The number of rotatable bonds is 21. The molecule has 29 heavy (non-hydrogen) atoms. The number of hydrogen-bond donors (Lipinski definition) is 2. The molecule has 0 aliphatic carbocycles. The van der Waals surface area contributed by atoms with Crippen molar-refractivity contribution in [3.05, 3.63) is 0 Å². The van der Waals surface area contributed by atoms with Crippen molar-refractivity contribution in [2.24, 2.45) is 0 Å². The molecular formula is C24H50ClN2NaS. The number of hydrogen-bond acceptors (Lipinski definition) is 3. The summed E-state index contributed by atoms with van der Waals surface area (Å²) in [5, 5.41) is 12.3. The summed E-state index contributed by atoms with van der Waals surface area (Å²) >= 11 is 8.29. The van der Waals surface area contributed by atoms with Gasteiger partial charge in [-0.15, -0.1) is 23.4 Å². The fourth-order valence-electron chi connectivity index (χ4n) is 3.57. The molecule has 2 N–H and O–H groups in total. The molecular weight excluding hydrogens is 407 g/mol. The average molecular weight is 457 g/mol. The van der Waals surface area contributed by atoms with E-state index < -0.39 is 0 Å². The number of thioether (sulfide) groups is 1. The quantitative estimate of drug-likeness (QED) is 0.0604.